The zero-order valence-corrected chi connectivity index (χ0v) is 16.5. The van der Waals surface area contributed by atoms with E-state index in [1.54, 1.807) is 0 Å². The van der Waals surface area contributed by atoms with E-state index >= 15 is 0 Å². The summed E-state index contributed by atoms with van der Waals surface area (Å²) in [6.07, 6.45) is -4.86. The number of hydrogen-bond acceptors (Lipinski definition) is 4. The number of hydrogen-bond donors (Lipinski definition) is 1. The fraction of sp³-hybridized carbons (Fsp3) is 0.412. The molecule has 0 unspecified atom stereocenters. The summed E-state index contributed by atoms with van der Waals surface area (Å²) in [6, 6.07) is 4.40. The van der Waals surface area contributed by atoms with Gasteiger partial charge in [-0.1, -0.05) is 53.5 Å². The highest BCUT2D eigenvalue weighted by Crippen LogP contribution is 2.34. The molecule has 0 bridgehead atoms. The Kier molecular flexibility index (Phi) is 6.91. The minimum absolute atomic E-state index is 0.0777. The van der Waals surface area contributed by atoms with Crippen molar-refractivity contribution in [3.05, 3.63) is 47.5 Å². The predicted molar refractivity (Wildman–Crippen MR) is 97.1 cm³/mol. The van der Waals surface area contributed by atoms with Crippen molar-refractivity contribution >= 4 is 46.7 Å². The molecule has 1 aromatic rings. The summed E-state index contributed by atoms with van der Waals surface area (Å²) in [7, 11) is 0. The Balaban J connectivity index is 1.99. The molecule has 11 heteroatoms. The van der Waals surface area contributed by atoms with Crippen LogP contribution in [0.1, 0.15) is 17.5 Å². The SMILES string of the molecule is C=C(CC(=O)NC1(c2ccc(C(F)(F)F)cc2)COC1)C(=O)OCC(Cl)(Cl)Cl. The fourth-order valence-electron chi connectivity index (χ4n) is 2.42. The monoisotopic (exact) mass is 459 g/mol. The van der Waals surface area contributed by atoms with Crippen LogP contribution < -0.4 is 5.32 Å². The smallest absolute Gasteiger partial charge is 0.416 e. The van der Waals surface area contributed by atoms with Gasteiger partial charge in [0.05, 0.1) is 25.2 Å². The lowest BCUT2D eigenvalue weighted by molar-refractivity contribution is -0.141. The Morgan fingerprint density at radius 1 is 1.18 bits per heavy atom. The molecule has 1 aromatic carbocycles. The van der Waals surface area contributed by atoms with Gasteiger partial charge in [-0.05, 0) is 17.7 Å². The van der Waals surface area contributed by atoms with Crippen LogP contribution in [0.5, 0.6) is 0 Å². The Bertz CT molecular complexity index is 756. The number of halogens is 6. The zero-order valence-electron chi connectivity index (χ0n) is 14.2. The first kappa shape index (κ1) is 22.8. The highest BCUT2D eigenvalue weighted by molar-refractivity contribution is 6.67. The largest absolute Gasteiger partial charge is 0.458 e. The van der Waals surface area contributed by atoms with E-state index in [2.05, 4.69) is 11.9 Å². The highest BCUT2D eigenvalue weighted by atomic mass is 35.6. The molecule has 0 aliphatic carbocycles. The average molecular weight is 461 g/mol. The number of nitrogens with one attached hydrogen (secondary N) is 1. The number of amides is 1. The molecule has 2 rings (SSSR count). The number of carbonyl (C=O) groups is 2. The molecule has 0 spiro atoms. The number of alkyl halides is 6. The Morgan fingerprint density at radius 3 is 2.18 bits per heavy atom. The molecule has 1 amide bonds. The van der Waals surface area contributed by atoms with Crippen LogP contribution in [-0.2, 0) is 30.8 Å². The first-order chi connectivity index (χ1) is 12.8. The Morgan fingerprint density at radius 2 is 1.75 bits per heavy atom. The minimum atomic E-state index is -4.46. The van der Waals surface area contributed by atoms with Gasteiger partial charge < -0.3 is 14.8 Å². The molecule has 0 atom stereocenters. The van der Waals surface area contributed by atoms with E-state index in [-0.39, 0.29) is 18.8 Å². The van der Waals surface area contributed by atoms with E-state index in [1.165, 1.54) is 12.1 Å². The molecule has 1 heterocycles. The lowest BCUT2D eigenvalue weighted by Crippen LogP contribution is -2.59. The molecule has 154 valence electrons. The lowest BCUT2D eigenvalue weighted by Gasteiger charge is -2.42. The summed E-state index contributed by atoms with van der Waals surface area (Å²) in [5.74, 6) is -1.49. The average Bonchev–Trinajstić information content (AvgIpc) is 2.54. The van der Waals surface area contributed by atoms with Gasteiger partial charge in [-0.2, -0.15) is 13.2 Å². The van der Waals surface area contributed by atoms with Gasteiger partial charge in [-0.15, -0.1) is 0 Å². The normalized spacial score (nSPS) is 16.1. The number of rotatable bonds is 6. The quantitative estimate of drug-likeness (QED) is 0.397. The third-order valence-corrected chi connectivity index (χ3v) is 4.20. The van der Waals surface area contributed by atoms with Crippen molar-refractivity contribution in [3.63, 3.8) is 0 Å². The number of benzene rings is 1. The number of esters is 1. The van der Waals surface area contributed by atoms with Gasteiger partial charge in [0.15, 0.2) is 0 Å². The first-order valence-corrected chi connectivity index (χ1v) is 8.94. The maximum absolute atomic E-state index is 12.7. The lowest BCUT2D eigenvalue weighted by atomic mass is 9.87. The van der Waals surface area contributed by atoms with Crippen LogP contribution in [-0.4, -0.2) is 35.5 Å². The molecule has 0 saturated carbocycles. The third-order valence-electron chi connectivity index (χ3n) is 3.87. The Labute approximate surface area is 173 Å². The maximum Gasteiger partial charge on any atom is 0.416 e. The van der Waals surface area contributed by atoms with E-state index < -0.39 is 46.0 Å². The van der Waals surface area contributed by atoms with E-state index in [0.717, 1.165) is 12.1 Å². The van der Waals surface area contributed by atoms with Crippen LogP contribution in [0.25, 0.3) is 0 Å². The van der Waals surface area contributed by atoms with E-state index in [9.17, 15) is 22.8 Å². The van der Waals surface area contributed by atoms with Gasteiger partial charge in [0.25, 0.3) is 0 Å². The summed E-state index contributed by atoms with van der Waals surface area (Å²) in [4.78, 5) is 24.0. The second-order valence-electron chi connectivity index (χ2n) is 6.17. The highest BCUT2D eigenvalue weighted by Gasteiger charge is 2.42. The minimum Gasteiger partial charge on any atom is -0.458 e. The van der Waals surface area contributed by atoms with Crippen LogP contribution in [0.2, 0.25) is 0 Å². The van der Waals surface area contributed by atoms with Crippen LogP contribution >= 0.6 is 34.8 Å². The van der Waals surface area contributed by atoms with E-state index in [4.69, 9.17) is 44.3 Å². The molecule has 28 heavy (non-hydrogen) atoms. The van der Waals surface area contributed by atoms with Gasteiger partial charge in [-0.3, -0.25) is 4.79 Å². The molecule has 5 nitrogen and oxygen atoms in total. The topological polar surface area (TPSA) is 64.6 Å². The Hall–Kier alpha value is -1.48. The van der Waals surface area contributed by atoms with E-state index in [1.807, 2.05) is 0 Å². The van der Waals surface area contributed by atoms with Crippen molar-refractivity contribution < 1.29 is 32.2 Å². The molecule has 1 fully saturated rings. The predicted octanol–water partition coefficient (Wildman–Crippen LogP) is 3.91. The van der Waals surface area contributed by atoms with Crippen molar-refractivity contribution in [2.24, 2.45) is 0 Å². The molecule has 1 aliphatic heterocycles. The van der Waals surface area contributed by atoms with Crippen LogP contribution in [0.4, 0.5) is 13.2 Å². The molecular formula is C17H15Cl3F3NO4. The van der Waals surface area contributed by atoms with Crippen molar-refractivity contribution in [2.75, 3.05) is 19.8 Å². The van der Waals surface area contributed by atoms with Crippen molar-refractivity contribution in [1.29, 1.82) is 0 Å². The molecule has 1 N–H and O–H groups in total. The van der Waals surface area contributed by atoms with Gasteiger partial charge >= 0.3 is 12.1 Å². The van der Waals surface area contributed by atoms with Crippen molar-refractivity contribution in [1.82, 2.24) is 5.32 Å². The first-order valence-electron chi connectivity index (χ1n) is 7.80. The van der Waals surface area contributed by atoms with Crippen molar-refractivity contribution in [2.45, 2.75) is 21.9 Å². The fourth-order valence-corrected chi connectivity index (χ4v) is 2.59. The van der Waals surface area contributed by atoms with Gasteiger partial charge in [-0.25, -0.2) is 4.79 Å². The van der Waals surface area contributed by atoms with Crippen LogP contribution in [0.15, 0.2) is 36.4 Å². The summed E-state index contributed by atoms with van der Waals surface area (Å²) in [5, 5.41) is 2.67. The molecule has 0 aromatic heterocycles. The van der Waals surface area contributed by atoms with Gasteiger partial charge in [0.1, 0.15) is 12.1 Å². The zero-order chi connectivity index (χ0) is 21.2. The maximum atomic E-state index is 12.7. The van der Waals surface area contributed by atoms with Gasteiger partial charge in [0, 0.05) is 5.57 Å². The second-order valence-corrected chi connectivity index (χ2v) is 8.69. The number of ether oxygens (including phenoxy) is 2. The number of carbonyl (C=O) groups excluding carboxylic acids is 2. The van der Waals surface area contributed by atoms with E-state index in [0.29, 0.717) is 5.56 Å². The third kappa shape index (κ3) is 6.01. The molecular weight excluding hydrogens is 446 g/mol. The summed E-state index contributed by atoms with van der Waals surface area (Å²) < 4.78 is 46.2. The van der Waals surface area contributed by atoms with Gasteiger partial charge in [0.2, 0.25) is 9.70 Å². The van der Waals surface area contributed by atoms with Crippen LogP contribution in [0.3, 0.4) is 0 Å². The molecule has 0 radical (unpaired) electrons. The molecule has 1 saturated heterocycles. The standard InChI is InChI=1S/C17H15Cl3F3NO4/c1-10(14(26)28-9-16(18,19)20)6-13(25)24-15(7-27-8-15)11-2-4-12(5-3-11)17(21,22)23/h2-5H,1,6-9H2,(H,24,25). The van der Waals surface area contributed by atoms with Crippen molar-refractivity contribution in [3.8, 4) is 0 Å². The second kappa shape index (κ2) is 8.49. The summed E-state index contributed by atoms with van der Waals surface area (Å²) in [6.45, 7) is 3.10. The van der Waals surface area contributed by atoms with Crippen LogP contribution in [0, 0.1) is 0 Å². The summed E-state index contributed by atoms with van der Waals surface area (Å²) in [5.41, 5.74) is -1.51. The summed E-state index contributed by atoms with van der Waals surface area (Å²) >= 11 is 16.4. The molecule has 1 aliphatic rings.